The molecule has 0 atom stereocenters. The van der Waals surface area contributed by atoms with E-state index < -0.39 is 4.92 Å². The van der Waals surface area contributed by atoms with Crippen molar-refractivity contribution in [2.45, 2.75) is 0 Å². The van der Waals surface area contributed by atoms with Crippen LogP contribution in [0.3, 0.4) is 0 Å². The number of carbonyl (C=O) groups excluding carboxylic acids is 1. The predicted octanol–water partition coefficient (Wildman–Crippen LogP) is 3.35. The third-order valence-electron chi connectivity index (χ3n) is 3.20. The Morgan fingerprint density at radius 3 is 2.79 bits per heavy atom. The van der Waals surface area contributed by atoms with Gasteiger partial charge in [0.1, 0.15) is 15.8 Å². The first-order valence-electron chi connectivity index (χ1n) is 6.65. The maximum absolute atomic E-state index is 11.6. The maximum Gasteiger partial charge on any atom is 0.311 e. The second-order valence-corrected chi connectivity index (χ2v) is 6.42. The summed E-state index contributed by atoms with van der Waals surface area (Å²) in [4.78, 5) is 22.6. The molecule has 2 heterocycles. The van der Waals surface area contributed by atoms with E-state index in [1.54, 1.807) is 24.3 Å². The topological polar surface area (TPSA) is 94.6 Å². The van der Waals surface area contributed by atoms with E-state index in [0.717, 1.165) is 11.8 Å². The van der Waals surface area contributed by atoms with Crippen LogP contribution in [-0.4, -0.2) is 22.3 Å². The Labute approximate surface area is 145 Å². The first kappa shape index (κ1) is 16.2. The molecular weight excluding hydrogens is 352 g/mol. The van der Waals surface area contributed by atoms with Crippen molar-refractivity contribution >= 4 is 46.0 Å². The van der Waals surface area contributed by atoms with E-state index in [1.165, 1.54) is 19.2 Å². The molecule has 24 heavy (non-hydrogen) atoms. The largest absolute Gasteiger partial charge is 0.490 e. The average molecular weight is 362 g/mol. The second-order valence-electron chi connectivity index (χ2n) is 4.70. The van der Waals surface area contributed by atoms with Gasteiger partial charge in [0.15, 0.2) is 5.75 Å². The normalized spacial score (nSPS) is 15.6. The number of methoxy groups -OCH3 is 1. The number of carbonyl (C=O) groups is 1. The molecule has 122 valence electrons. The van der Waals surface area contributed by atoms with Crippen LogP contribution in [0.4, 0.5) is 5.69 Å². The highest BCUT2D eigenvalue weighted by molar-refractivity contribution is 8.26. The number of rotatable bonds is 4. The summed E-state index contributed by atoms with van der Waals surface area (Å²) in [6.45, 7) is 0. The highest BCUT2D eigenvalue weighted by Crippen LogP contribution is 2.34. The van der Waals surface area contributed by atoms with E-state index in [1.807, 2.05) is 0 Å². The summed E-state index contributed by atoms with van der Waals surface area (Å²) < 4.78 is 11.0. The molecule has 0 spiro atoms. The summed E-state index contributed by atoms with van der Waals surface area (Å²) in [5.74, 6) is 0.789. The molecule has 9 heteroatoms. The number of amides is 1. The molecule has 1 aliphatic rings. The SMILES string of the molecule is COc1ccc(-c2ccc(/C=C3\SC(=S)NC3=O)o2)cc1[N+](=O)[O-]. The molecule has 1 aromatic heterocycles. The van der Waals surface area contributed by atoms with Crippen LogP contribution in [0.15, 0.2) is 39.7 Å². The lowest BCUT2D eigenvalue weighted by Crippen LogP contribution is -2.17. The van der Waals surface area contributed by atoms with Crippen LogP contribution in [0.25, 0.3) is 17.4 Å². The van der Waals surface area contributed by atoms with Crippen LogP contribution in [0.2, 0.25) is 0 Å². The lowest BCUT2D eigenvalue weighted by Gasteiger charge is -2.03. The molecule has 0 radical (unpaired) electrons. The zero-order valence-corrected chi connectivity index (χ0v) is 13.9. The lowest BCUT2D eigenvalue weighted by atomic mass is 10.1. The summed E-state index contributed by atoms with van der Waals surface area (Å²) >= 11 is 6.07. The molecule has 0 aliphatic carbocycles. The smallest absolute Gasteiger partial charge is 0.311 e. The highest BCUT2D eigenvalue weighted by atomic mass is 32.2. The summed E-state index contributed by atoms with van der Waals surface area (Å²) in [5.41, 5.74) is 0.383. The molecule has 0 unspecified atom stereocenters. The quantitative estimate of drug-likeness (QED) is 0.386. The fraction of sp³-hybridized carbons (Fsp3) is 0.0667. The number of hydrogen-bond acceptors (Lipinski definition) is 7. The summed E-state index contributed by atoms with van der Waals surface area (Å²) in [7, 11) is 1.37. The number of benzene rings is 1. The number of nitrogens with one attached hydrogen (secondary N) is 1. The number of nitro groups is 1. The molecule has 1 aliphatic heterocycles. The fourth-order valence-electron chi connectivity index (χ4n) is 2.12. The molecule has 0 saturated carbocycles. The van der Waals surface area contributed by atoms with Crippen LogP contribution in [0.1, 0.15) is 5.76 Å². The Morgan fingerprint density at radius 2 is 2.17 bits per heavy atom. The molecule has 1 fully saturated rings. The van der Waals surface area contributed by atoms with Gasteiger partial charge < -0.3 is 14.5 Å². The number of nitrogens with zero attached hydrogens (tertiary/aromatic N) is 1. The van der Waals surface area contributed by atoms with Gasteiger partial charge in [0.2, 0.25) is 0 Å². The minimum absolute atomic E-state index is 0.151. The molecule has 3 rings (SSSR count). The van der Waals surface area contributed by atoms with Crippen molar-refractivity contribution in [3.8, 4) is 17.1 Å². The number of nitro benzene ring substituents is 1. The van der Waals surface area contributed by atoms with Crippen molar-refractivity contribution in [1.82, 2.24) is 5.32 Å². The van der Waals surface area contributed by atoms with Crippen molar-refractivity contribution in [2.75, 3.05) is 7.11 Å². The minimum atomic E-state index is -0.519. The highest BCUT2D eigenvalue weighted by Gasteiger charge is 2.23. The molecule has 1 N–H and O–H groups in total. The fourth-order valence-corrected chi connectivity index (χ4v) is 3.15. The average Bonchev–Trinajstić information content (AvgIpc) is 3.13. The Morgan fingerprint density at radius 1 is 1.38 bits per heavy atom. The van der Waals surface area contributed by atoms with Crippen molar-refractivity contribution in [3.63, 3.8) is 0 Å². The molecule has 2 aromatic rings. The molecule has 1 saturated heterocycles. The third-order valence-corrected chi connectivity index (χ3v) is 4.36. The zero-order valence-electron chi connectivity index (χ0n) is 12.3. The van der Waals surface area contributed by atoms with E-state index in [2.05, 4.69) is 5.32 Å². The maximum atomic E-state index is 11.6. The first-order valence-corrected chi connectivity index (χ1v) is 7.88. The number of hydrogen-bond donors (Lipinski definition) is 1. The number of furan rings is 1. The van der Waals surface area contributed by atoms with Gasteiger partial charge in [0.05, 0.1) is 16.9 Å². The van der Waals surface area contributed by atoms with Crippen molar-refractivity contribution in [2.24, 2.45) is 0 Å². The Kier molecular flexibility index (Phi) is 4.36. The van der Waals surface area contributed by atoms with Gasteiger partial charge in [0, 0.05) is 17.7 Å². The third kappa shape index (κ3) is 3.17. The van der Waals surface area contributed by atoms with Crippen LogP contribution >= 0.6 is 24.0 Å². The van der Waals surface area contributed by atoms with E-state index in [-0.39, 0.29) is 17.3 Å². The summed E-state index contributed by atoms with van der Waals surface area (Å²) in [5, 5.41) is 13.6. The Balaban J connectivity index is 1.92. The number of ether oxygens (including phenoxy) is 1. The van der Waals surface area contributed by atoms with Gasteiger partial charge in [-0.1, -0.05) is 24.0 Å². The standard InChI is InChI=1S/C15H10N2O5S2/c1-21-12-4-2-8(6-10(12)17(19)20)11-5-3-9(22-11)7-13-14(18)16-15(23)24-13/h2-7H,1H3,(H,16,18,23)/b13-7-. The second kappa shape index (κ2) is 6.46. The van der Waals surface area contributed by atoms with Crippen molar-refractivity contribution in [1.29, 1.82) is 0 Å². The van der Waals surface area contributed by atoms with Crippen molar-refractivity contribution < 1.29 is 18.9 Å². The van der Waals surface area contributed by atoms with Gasteiger partial charge in [-0.05, 0) is 24.3 Å². The number of thiocarbonyl (C=S) groups is 1. The van der Waals surface area contributed by atoms with Gasteiger partial charge in [0.25, 0.3) is 5.91 Å². The minimum Gasteiger partial charge on any atom is -0.490 e. The van der Waals surface area contributed by atoms with Gasteiger partial charge in [-0.2, -0.15) is 0 Å². The van der Waals surface area contributed by atoms with Crippen molar-refractivity contribution in [3.05, 3.63) is 51.1 Å². The summed E-state index contributed by atoms with van der Waals surface area (Å²) in [6, 6.07) is 7.89. The molecule has 0 bridgehead atoms. The molecule has 7 nitrogen and oxygen atoms in total. The van der Waals surface area contributed by atoms with Gasteiger partial charge in [-0.3, -0.25) is 14.9 Å². The van der Waals surface area contributed by atoms with E-state index in [0.29, 0.717) is 26.3 Å². The molecule has 1 amide bonds. The van der Waals surface area contributed by atoms with E-state index >= 15 is 0 Å². The first-order chi connectivity index (χ1) is 11.5. The molecular formula is C15H10N2O5S2. The number of thioether (sulfide) groups is 1. The monoisotopic (exact) mass is 362 g/mol. The van der Waals surface area contributed by atoms with Crippen LogP contribution in [0.5, 0.6) is 5.75 Å². The Bertz CT molecular complexity index is 888. The van der Waals surface area contributed by atoms with E-state index in [4.69, 9.17) is 21.4 Å². The lowest BCUT2D eigenvalue weighted by molar-refractivity contribution is -0.385. The van der Waals surface area contributed by atoms with Gasteiger partial charge in [-0.15, -0.1) is 0 Å². The van der Waals surface area contributed by atoms with Gasteiger partial charge >= 0.3 is 5.69 Å². The van der Waals surface area contributed by atoms with Crippen LogP contribution < -0.4 is 10.1 Å². The molecule has 1 aromatic carbocycles. The van der Waals surface area contributed by atoms with Crippen LogP contribution in [-0.2, 0) is 4.79 Å². The Hall–Kier alpha value is -2.65. The van der Waals surface area contributed by atoms with E-state index in [9.17, 15) is 14.9 Å². The zero-order chi connectivity index (χ0) is 17.3. The summed E-state index contributed by atoms with van der Waals surface area (Å²) in [6.07, 6.45) is 1.57. The van der Waals surface area contributed by atoms with Gasteiger partial charge in [-0.25, -0.2) is 0 Å². The predicted molar refractivity (Wildman–Crippen MR) is 93.7 cm³/mol. The van der Waals surface area contributed by atoms with Crippen LogP contribution in [0, 0.1) is 10.1 Å².